The standard InChI is InChI=1S/C26H26ClN3O5.C2H2O4/c1-29(14-18(31)16-35-20-10-8-19(34-2)9-11-20)15-25(32)30-23-6-4-3-5-21(23)26(33)28-22-13-17(27)7-12-24(22)30;3-1(4)2(5)6/h3-13,18,31H,14-16H2,1-2H3,(H,28,33);(H,3,4)(H,5,6). The maximum atomic E-state index is 13.5. The van der Waals surface area contributed by atoms with Crippen LogP contribution >= 0.6 is 11.6 Å². The lowest BCUT2D eigenvalue weighted by Gasteiger charge is -2.27. The number of carboxylic acid groups (broad SMARTS) is 2. The van der Waals surface area contributed by atoms with Gasteiger partial charge < -0.3 is 30.1 Å². The fourth-order valence-corrected chi connectivity index (χ4v) is 4.07. The molecular formula is C28H28ClN3O9. The van der Waals surface area contributed by atoms with Crippen molar-refractivity contribution in [2.24, 2.45) is 0 Å². The van der Waals surface area contributed by atoms with Crippen LogP contribution in [0.15, 0.2) is 66.7 Å². The molecule has 0 saturated heterocycles. The number of amides is 2. The van der Waals surface area contributed by atoms with Gasteiger partial charge in [0.15, 0.2) is 0 Å². The fourth-order valence-electron chi connectivity index (χ4n) is 3.90. The van der Waals surface area contributed by atoms with Gasteiger partial charge in [0.25, 0.3) is 5.91 Å². The first-order valence-corrected chi connectivity index (χ1v) is 12.5. The molecule has 0 bridgehead atoms. The minimum Gasteiger partial charge on any atom is -0.497 e. The van der Waals surface area contributed by atoms with Crippen LogP contribution in [0.2, 0.25) is 5.02 Å². The smallest absolute Gasteiger partial charge is 0.414 e. The summed E-state index contributed by atoms with van der Waals surface area (Å²) in [6, 6.07) is 19.0. The fraction of sp³-hybridized carbons (Fsp3) is 0.214. The molecule has 0 saturated carbocycles. The maximum Gasteiger partial charge on any atom is 0.414 e. The van der Waals surface area contributed by atoms with Crippen molar-refractivity contribution < 1.29 is 44.0 Å². The molecule has 0 aliphatic carbocycles. The van der Waals surface area contributed by atoms with E-state index >= 15 is 0 Å². The van der Waals surface area contributed by atoms with Crippen LogP contribution < -0.4 is 19.7 Å². The van der Waals surface area contributed by atoms with E-state index in [2.05, 4.69) is 5.32 Å². The van der Waals surface area contributed by atoms with Crippen LogP contribution in [0.3, 0.4) is 0 Å². The Labute approximate surface area is 240 Å². The number of fused-ring (bicyclic) bond motifs is 2. The highest BCUT2D eigenvalue weighted by atomic mass is 35.5. The lowest BCUT2D eigenvalue weighted by atomic mass is 10.1. The Balaban J connectivity index is 0.000000696. The van der Waals surface area contributed by atoms with E-state index < -0.39 is 18.0 Å². The third-order valence-corrected chi connectivity index (χ3v) is 5.93. The lowest BCUT2D eigenvalue weighted by Crippen LogP contribution is -2.40. The predicted molar refractivity (Wildman–Crippen MR) is 150 cm³/mol. The summed E-state index contributed by atoms with van der Waals surface area (Å²) >= 11 is 6.14. The molecule has 1 atom stereocenters. The number of aliphatic hydroxyl groups excluding tert-OH is 1. The molecule has 2 amide bonds. The van der Waals surface area contributed by atoms with Crippen LogP contribution in [-0.2, 0) is 14.4 Å². The summed E-state index contributed by atoms with van der Waals surface area (Å²) < 4.78 is 10.8. The number of carboxylic acids is 2. The number of nitrogens with one attached hydrogen (secondary N) is 1. The number of anilines is 3. The van der Waals surface area contributed by atoms with Crippen molar-refractivity contribution in [1.82, 2.24) is 4.90 Å². The van der Waals surface area contributed by atoms with Crippen molar-refractivity contribution in [2.75, 3.05) is 44.1 Å². The molecule has 1 aliphatic heterocycles. The Morgan fingerprint density at radius 1 is 0.976 bits per heavy atom. The van der Waals surface area contributed by atoms with Gasteiger partial charge in [-0.2, -0.15) is 0 Å². The largest absolute Gasteiger partial charge is 0.497 e. The van der Waals surface area contributed by atoms with E-state index in [9.17, 15) is 14.7 Å². The minimum atomic E-state index is -1.82. The number of carbonyl (C=O) groups excluding carboxylic acids is 2. The number of aliphatic carboxylic acids is 2. The Bertz CT molecular complexity index is 1400. The number of para-hydroxylation sites is 1. The van der Waals surface area contributed by atoms with E-state index in [0.717, 1.165) is 0 Å². The second-order valence-corrected chi connectivity index (χ2v) is 9.25. The Morgan fingerprint density at radius 3 is 2.24 bits per heavy atom. The van der Waals surface area contributed by atoms with E-state index in [0.29, 0.717) is 39.1 Å². The van der Waals surface area contributed by atoms with Gasteiger partial charge in [-0.15, -0.1) is 0 Å². The summed E-state index contributed by atoms with van der Waals surface area (Å²) in [5.74, 6) is -2.91. The van der Waals surface area contributed by atoms with Gasteiger partial charge in [0.05, 0.1) is 36.3 Å². The van der Waals surface area contributed by atoms with Crippen LogP contribution in [0.5, 0.6) is 11.5 Å². The number of ether oxygens (including phenoxy) is 2. The van der Waals surface area contributed by atoms with Crippen LogP contribution in [0.4, 0.5) is 17.1 Å². The molecule has 1 heterocycles. The second kappa shape index (κ2) is 14.1. The number of benzene rings is 3. The predicted octanol–water partition coefficient (Wildman–Crippen LogP) is 3.11. The van der Waals surface area contributed by atoms with E-state index in [-0.39, 0.29) is 31.5 Å². The van der Waals surface area contributed by atoms with Gasteiger partial charge in [0.1, 0.15) is 24.2 Å². The summed E-state index contributed by atoms with van der Waals surface area (Å²) in [7, 11) is 3.33. The summed E-state index contributed by atoms with van der Waals surface area (Å²) in [6.07, 6.45) is -0.819. The van der Waals surface area contributed by atoms with Gasteiger partial charge in [0, 0.05) is 11.6 Å². The Hall–Kier alpha value is -4.65. The SMILES string of the molecule is COc1ccc(OCC(O)CN(C)CC(=O)N2c3ccc(Cl)cc3NC(=O)c3ccccc32)cc1.O=C(O)C(=O)O. The average Bonchev–Trinajstić information content (AvgIpc) is 3.05. The quantitative estimate of drug-likeness (QED) is 0.288. The molecule has 41 heavy (non-hydrogen) atoms. The molecule has 0 aromatic heterocycles. The highest BCUT2D eigenvalue weighted by Gasteiger charge is 2.30. The zero-order valence-electron chi connectivity index (χ0n) is 22.1. The third kappa shape index (κ3) is 8.42. The van der Waals surface area contributed by atoms with Gasteiger partial charge >= 0.3 is 11.9 Å². The minimum absolute atomic E-state index is 0.00415. The normalized spacial score (nSPS) is 12.5. The molecule has 0 spiro atoms. The third-order valence-electron chi connectivity index (χ3n) is 5.70. The number of aliphatic hydroxyl groups is 1. The van der Waals surface area contributed by atoms with Crippen molar-refractivity contribution in [1.29, 1.82) is 0 Å². The molecule has 4 N–H and O–H groups in total. The van der Waals surface area contributed by atoms with Gasteiger partial charge in [0.2, 0.25) is 5.91 Å². The Morgan fingerprint density at radius 2 is 1.61 bits per heavy atom. The number of carbonyl (C=O) groups is 4. The van der Waals surface area contributed by atoms with Crippen LogP contribution in [0, 0.1) is 0 Å². The average molecular weight is 586 g/mol. The number of methoxy groups -OCH3 is 1. The van der Waals surface area contributed by atoms with Gasteiger partial charge in [-0.3, -0.25) is 19.4 Å². The summed E-state index contributed by atoms with van der Waals surface area (Å²) in [5.41, 5.74) is 1.83. The number of likely N-dealkylation sites (N-methyl/N-ethyl adjacent to an activating group) is 1. The van der Waals surface area contributed by atoms with E-state index in [4.69, 9.17) is 40.9 Å². The first-order valence-electron chi connectivity index (χ1n) is 12.1. The van der Waals surface area contributed by atoms with Crippen LogP contribution in [0.1, 0.15) is 10.4 Å². The molecule has 1 unspecified atom stereocenters. The molecule has 3 aromatic carbocycles. The molecule has 0 radical (unpaired) electrons. The first-order chi connectivity index (χ1) is 19.5. The van der Waals surface area contributed by atoms with E-state index in [1.165, 1.54) is 4.90 Å². The van der Waals surface area contributed by atoms with Gasteiger partial charge in [-0.05, 0) is 61.6 Å². The highest BCUT2D eigenvalue weighted by Crippen LogP contribution is 2.39. The first kappa shape index (κ1) is 30.9. The van der Waals surface area contributed by atoms with Gasteiger partial charge in [-0.1, -0.05) is 23.7 Å². The number of hydrogen-bond donors (Lipinski definition) is 4. The zero-order chi connectivity index (χ0) is 30.1. The zero-order valence-corrected chi connectivity index (χ0v) is 22.9. The van der Waals surface area contributed by atoms with Crippen molar-refractivity contribution in [3.05, 3.63) is 77.3 Å². The summed E-state index contributed by atoms with van der Waals surface area (Å²) in [5, 5.41) is 28.5. The van der Waals surface area contributed by atoms with Gasteiger partial charge in [-0.25, -0.2) is 9.59 Å². The van der Waals surface area contributed by atoms with E-state index in [1.807, 2.05) is 0 Å². The Kier molecular flexibility index (Phi) is 10.6. The molecule has 216 valence electrons. The number of rotatable bonds is 8. The van der Waals surface area contributed by atoms with Crippen LogP contribution in [0.25, 0.3) is 0 Å². The summed E-state index contributed by atoms with van der Waals surface area (Å²) in [6.45, 7) is 0.281. The van der Waals surface area contributed by atoms with Crippen molar-refractivity contribution in [3.8, 4) is 11.5 Å². The van der Waals surface area contributed by atoms with Crippen molar-refractivity contribution in [2.45, 2.75) is 6.10 Å². The second-order valence-electron chi connectivity index (χ2n) is 8.81. The molecule has 0 fully saturated rings. The monoisotopic (exact) mass is 585 g/mol. The van der Waals surface area contributed by atoms with Crippen LogP contribution in [-0.4, -0.2) is 83.9 Å². The highest BCUT2D eigenvalue weighted by molar-refractivity contribution is 6.31. The molecule has 3 aromatic rings. The molecule has 4 rings (SSSR count). The van der Waals surface area contributed by atoms with Crippen molar-refractivity contribution >= 4 is 52.4 Å². The van der Waals surface area contributed by atoms with E-state index in [1.54, 1.807) is 85.8 Å². The number of halogens is 1. The number of nitrogens with zero attached hydrogens (tertiary/aromatic N) is 2. The molecule has 12 nitrogen and oxygen atoms in total. The molecular weight excluding hydrogens is 558 g/mol. The molecule has 13 heteroatoms. The van der Waals surface area contributed by atoms with Crippen molar-refractivity contribution in [3.63, 3.8) is 0 Å². The molecule has 1 aliphatic rings. The topological polar surface area (TPSA) is 166 Å². The lowest BCUT2D eigenvalue weighted by molar-refractivity contribution is -0.159. The summed E-state index contributed by atoms with van der Waals surface area (Å²) in [4.78, 5) is 47.7. The number of hydrogen-bond acceptors (Lipinski definition) is 8. The maximum absolute atomic E-state index is 13.5.